The summed E-state index contributed by atoms with van der Waals surface area (Å²) in [6.07, 6.45) is 5.14. The van der Waals surface area contributed by atoms with E-state index in [-0.39, 0.29) is 5.41 Å². The smallest absolute Gasteiger partial charge is 0.0858 e. The lowest BCUT2D eigenvalue weighted by Crippen LogP contribution is -2.34. The molecule has 0 amide bonds. The van der Waals surface area contributed by atoms with Gasteiger partial charge in [-0.05, 0) is 30.4 Å². The van der Waals surface area contributed by atoms with Crippen molar-refractivity contribution in [3.05, 3.63) is 35.4 Å². The summed E-state index contributed by atoms with van der Waals surface area (Å²) in [7, 11) is 0. The molecule has 0 saturated heterocycles. The summed E-state index contributed by atoms with van der Waals surface area (Å²) in [5.41, 5.74) is 8.16. The number of nitrogens with two attached hydrogens (primary N) is 1. The molecule has 94 valence electrons. The summed E-state index contributed by atoms with van der Waals surface area (Å²) < 4.78 is 0. The minimum absolute atomic E-state index is 0.0757. The van der Waals surface area contributed by atoms with Gasteiger partial charge in [-0.3, -0.25) is 0 Å². The predicted octanol–water partition coefficient (Wildman–Crippen LogP) is 2.80. The average molecular weight is 233 g/mol. The molecule has 17 heavy (non-hydrogen) atoms. The number of hydrogen-bond acceptors (Lipinski definition) is 2. The summed E-state index contributed by atoms with van der Waals surface area (Å²) in [4.78, 5) is 0. The monoisotopic (exact) mass is 233 g/mol. The van der Waals surface area contributed by atoms with Gasteiger partial charge in [0.15, 0.2) is 0 Å². The third-order valence-electron chi connectivity index (χ3n) is 4.29. The van der Waals surface area contributed by atoms with Gasteiger partial charge in [0, 0.05) is 12.0 Å². The maximum absolute atomic E-state index is 10.6. The average Bonchev–Trinajstić information content (AvgIpc) is 2.88. The number of aryl methyl sites for hydroxylation is 1. The van der Waals surface area contributed by atoms with Gasteiger partial charge < -0.3 is 10.8 Å². The van der Waals surface area contributed by atoms with E-state index in [1.54, 1.807) is 0 Å². The second kappa shape index (κ2) is 5.19. The molecule has 1 aliphatic rings. The Morgan fingerprint density at radius 2 is 1.82 bits per heavy atom. The Hall–Kier alpha value is -0.860. The van der Waals surface area contributed by atoms with Crippen molar-refractivity contribution in [1.82, 2.24) is 0 Å². The van der Waals surface area contributed by atoms with Crippen molar-refractivity contribution in [3.63, 3.8) is 0 Å². The molecule has 1 saturated carbocycles. The fraction of sp³-hybridized carbons (Fsp3) is 0.600. The highest BCUT2D eigenvalue weighted by Gasteiger charge is 2.39. The zero-order chi connectivity index (χ0) is 12.3. The first-order chi connectivity index (χ1) is 8.22. The molecule has 0 aliphatic heterocycles. The summed E-state index contributed by atoms with van der Waals surface area (Å²) >= 11 is 0. The summed E-state index contributed by atoms with van der Waals surface area (Å²) in [5, 5.41) is 10.6. The number of aliphatic hydroxyl groups excluding tert-OH is 1. The van der Waals surface area contributed by atoms with E-state index in [0.717, 1.165) is 24.8 Å². The van der Waals surface area contributed by atoms with Crippen LogP contribution >= 0.6 is 0 Å². The molecule has 0 spiro atoms. The van der Waals surface area contributed by atoms with Crippen molar-refractivity contribution in [3.8, 4) is 0 Å². The van der Waals surface area contributed by atoms with Crippen molar-refractivity contribution in [2.45, 2.75) is 45.1 Å². The standard InChI is InChI=1S/C15H23NO/c1-2-12-5-7-13(8-6-12)14(17)15(11-16)9-3-4-10-15/h5-8,14,17H,2-4,9-11,16H2,1H3. The lowest BCUT2D eigenvalue weighted by atomic mass is 9.77. The van der Waals surface area contributed by atoms with Crippen LogP contribution in [0.25, 0.3) is 0 Å². The first-order valence-corrected chi connectivity index (χ1v) is 6.69. The molecule has 1 atom stereocenters. The molecule has 1 fully saturated rings. The van der Waals surface area contributed by atoms with Crippen LogP contribution in [-0.2, 0) is 6.42 Å². The Morgan fingerprint density at radius 3 is 2.29 bits per heavy atom. The van der Waals surface area contributed by atoms with Gasteiger partial charge in [-0.1, -0.05) is 44.0 Å². The molecule has 1 aliphatic carbocycles. The Labute approximate surface area is 104 Å². The molecule has 2 heteroatoms. The molecular formula is C15H23NO. The highest BCUT2D eigenvalue weighted by molar-refractivity contribution is 5.26. The van der Waals surface area contributed by atoms with Crippen LogP contribution in [0.1, 0.15) is 49.8 Å². The molecule has 0 heterocycles. The minimum atomic E-state index is -0.402. The first kappa shape index (κ1) is 12.6. The zero-order valence-corrected chi connectivity index (χ0v) is 10.7. The van der Waals surface area contributed by atoms with Crippen LogP contribution in [0.4, 0.5) is 0 Å². The highest BCUT2D eigenvalue weighted by atomic mass is 16.3. The molecule has 1 aromatic carbocycles. The SMILES string of the molecule is CCc1ccc(C(O)C2(CN)CCCC2)cc1. The maximum Gasteiger partial charge on any atom is 0.0858 e. The zero-order valence-electron chi connectivity index (χ0n) is 10.7. The Morgan fingerprint density at radius 1 is 1.24 bits per heavy atom. The molecule has 0 bridgehead atoms. The van der Waals surface area contributed by atoms with E-state index >= 15 is 0 Å². The van der Waals surface area contributed by atoms with Crippen molar-refractivity contribution < 1.29 is 5.11 Å². The molecule has 0 aromatic heterocycles. The number of rotatable bonds is 4. The van der Waals surface area contributed by atoms with E-state index in [2.05, 4.69) is 31.2 Å². The van der Waals surface area contributed by atoms with Gasteiger partial charge in [0.25, 0.3) is 0 Å². The van der Waals surface area contributed by atoms with Crippen molar-refractivity contribution in [2.75, 3.05) is 6.54 Å². The van der Waals surface area contributed by atoms with Crippen LogP contribution in [0.2, 0.25) is 0 Å². The summed E-state index contributed by atoms with van der Waals surface area (Å²) in [5.74, 6) is 0. The van der Waals surface area contributed by atoms with Gasteiger partial charge >= 0.3 is 0 Å². The van der Waals surface area contributed by atoms with Gasteiger partial charge in [0.05, 0.1) is 6.10 Å². The number of benzene rings is 1. The number of hydrogen-bond donors (Lipinski definition) is 2. The van der Waals surface area contributed by atoms with Crippen molar-refractivity contribution in [1.29, 1.82) is 0 Å². The minimum Gasteiger partial charge on any atom is -0.388 e. The molecule has 1 unspecified atom stereocenters. The van der Waals surface area contributed by atoms with Crippen LogP contribution in [0.3, 0.4) is 0 Å². The van der Waals surface area contributed by atoms with Gasteiger partial charge in [-0.2, -0.15) is 0 Å². The van der Waals surface area contributed by atoms with Crippen LogP contribution in [0.5, 0.6) is 0 Å². The summed E-state index contributed by atoms with van der Waals surface area (Å²) in [6.45, 7) is 2.73. The fourth-order valence-electron chi connectivity index (χ4n) is 2.96. The second-order valence-corrected chi connectivity index (χ2v) is 5.27. The van der Waals surface area contributed by atoms with Crippen LogP contribution in [-0.4, -0.2) is 11.7 Å². The lowest BCUT2D eigenvalue weighted by Gasteiger charge is -2.33. The van der Waals surface area contributed by atoms with E-state index in [1.165, 1.54) is 18.4 Å². The Kier molecular flexibility index (Phi) is 3.85. The third kappa shape index (κ3) is 2.38. The van der Waals surface area contributed by atoms with E-state index in [0.29, 0.717) is 6.54 Å². The molecule has 1 aromatic rings. The third-order valence-corrected chi connectivity index (χ3v) is 4.29. The van der Waals surface area contributed by atoms with Gasteiger partial charge in [-0.25, -0.2) is 0 Å². The predicted molar refractivity (Wildman–Crippen MR) is 70.7 cm³/mol. The normalized spacial score (nSPS) is 20.4. The van der Waals surface area contributed by atoms with Crippen molar-refractivity contribution >= 4 is 0 Å². The highest BCUT2D eigenvalue weighted by Crippen LogP contribution is 2.46. The molecule has 0 radical (unpaired) electrons. The molecule has 3 N–H and O–H groups in total. The van der Waals surface area contributed by atoms with E-state index < -0.39 is 6.10 Å². The van der Waals surface area contributed by atoms with Crippen LogP contribution < -0.4 is 5.73 Å². The van der Waals surface area contributed by atoms with E-state index in [4.69, 9.17) is 5.73 Å². The Bertz CT molecular complexity index is 352. The van der Waals surface area contributed by atoms with Crippen LogP contribution in [0, 0.1) is 5.41 Å². The maximum atomic E-state index is 10.6. The molecule has 2 rings (SSSR count). The molecule has 2 nitrogen and oxygen atoms in total. The quantitative estimate of drug-likeness (QED) is 0.840. The fourth-order valence-corrected chi connectivity index (χ4v) is 2.96. The van der Waals surface area contributed by atoms with E-state index in [9.17, 15) is 5.11 Å². The summed E-state index contributed by atoms with van der Waals surface area (Å²) in [6, 6.07) is 8.33. The van der Waals surface area contributed by atoms with Crippen molar-refractivity contribution in [2.24, 2.45) is 11.1 Å². The first-order valence-electron chi connectivity index (χ1n) is 6.69. The number of aliphatic hydroxyl groups is 1. The topological polar surface area (TPSA) is 46.2 Å². The van der Waals surface area contributed by atoms with Gasteiger partial charge in [0.2, 0.25) is 0 Å². The van der Waals surface area contributed by atoms with Gasteiger partial charge in [0.1, 0.15) is 0 Å². The largest absolute Gasteiger partial charge is 0.388 e. The lowest BCUT2D eigenvalue weighted by molar-refractivity contribution is 0.0333. The van der Waals surface area contributed by atoms with Gasteiger partial charge in [-0.15, -0.1) is 0 Å². The molecular weight excluding hydrogens is 210 g/mol. The van der Waals surface area contributed by atoms with E-state index in [1.807, 2.05) is 0 Å². The Balaban J connectivity index is 2.19. The second-order valence-electron chi connectivity index (χ2n) is 5.27. The van der Waals surface area contributed by atoms with Crippen LogP contribution in [0.15, 0.2) is 24.3 Å².